The molecule has 0 atom stereocenters. The lowest BCUT2D eigenvalue weighted by molar-refractivity contribution is 0.318. The molecule has 0 bridgehead atoms. The highest BCUT2D eigenvalue weighted by molar-refractivity contribution is 6.15. The molecule has 0 fully saturated rings. The summed E-state index contributed by atoms with van der Waals surface area (Å²) in [6, 6.07) is 67.9. The molecule has 0 aliphatic carbocycles. The second-order valence-electron chi connectivity index (χ2n) is 24.8. The van der Waals surface area contributed by atoms with Crippen LogP contribution >= 0.6 is 0 Å². The van der Waals surface area contributed by atoms with Gasteiger partial charge in [-0.2, -0.15) is 15.8 Å². The van der Waals surface area contributed by atoms with Gasteiger partial charge in [0.15, 0.2) is 5.84 Å². The molecule has 526 valence electrons. The zero-order chi connectivity index (χ0) is 74.6. The van der Waals surface area contributed by atoms with Gasteiger partial charge in [0, 0.05) is 57.1 Å². The van der Waals surface area contributed by atoms with Gasteiger partial charge in [0.25, 0.3) is 0 Å². The Morgan fingerprint density at radius 1 is 0.406 bits per heavy atom. The number of hydrogen-bond donors (Lipinski definition) is 4. The third-order valence-electron chi connectivity index (χ3n) is 18.6. The molecule has 8 heterocycles. The summed E-state index contributed by atoms with van der Waals surface area (Å²) in [5, 5.41) is 81.7. The Morgan fingerprint density at radius 2 is 0.689 bits per heavy atom. The van der Waals surface area contributed by atoms with Crippen LogP contribution in [0.3, 0.4) is 0 Å². The van der Waals surface area contributed by atoms with Gasteiger partial charge in [0.2, 0.25) is 0 Å². The first-order valence-corrected chi connectivity index (χ1v) is 33.9. The van der Waals surface area contributed by atoms with E-state index in [1.165, 1.54) is 0 Å². The van der Waals surface area contributed by atoms with Gasteiger partial charge < -0.3 is 67.0 Å². The first-order valence-electron chi connectivity index (χ1n) is 33.9. The van der Waals surface area contributed by atoms with Crippen molar-refractivity contribution in [3.63, 3.8) is 0 Å². The van der Waals surface area contributed by atoms with Crippen LogP contribution in [0.15, 0.2) is 217 Å². The van der Waals surface area contributed by atoms with E-state index in [9.17, 15) is 31.2 Å². The first-order chi connectivity index (χ1) is 51.5. The van der Waals surface area contributed by atoms with E-state index in [0.717, 1.165) is 146 Å². The summed E-state index contributed by atoms with van der Waals surface area (Å²) < 4.78 is 40.6. The fourth-order valence-corrected chi connectivity index (χ4v) is 13.9. The highest BCUT2D eigenvalue weighted by atomic mass is 16.5. The zero-order valence-electron chi connectivity index (χ0n) is 59.6. The normalized spacial score (nSPS) is 11.2. The minimum absolute atomic E-state index is 0.00118. The lowest BCUT2D eigenvalue weighted by atomic mass is 10.0. The fraction of sp³-hybridized carbons (Fsp3) is 0.143. The summed E-state index contributed by atoms with van der Waals surface area (Å²) in [5.41, 5.74) is 25.3. The number of aryl methyl sites for hydroxylation is 8. The molecule has 0 aliphatic heterocycles. The molecule has 0 aliphatic rings. The maximum Gasteiger partial charge on any atom is 0.172 e. The van der Waals surface area contributed by atoms with Crippen LogP contribution in [0.4, 0.5) is 0 Å². The average molecular weight is 1410 g/mol. The average Bonchev–Trinajstić information content (AvgIpc) is 1.61. The van der Waals surface area contributed by atoms with Crippen LogP contribution in [0.5, 0.6) is 23.0 Å². The number of nitriles is 3. The SMILES string of the molecule is CCc1onc(C)c1-c1c(C#N)c2ccccc2n1-c1ccc(O)cc1.CCc1onc(C)c1-c1c(C#N)c2ccccc2n1-c1ccc(OC)cc1.COc1ccc(-n2c(-c3c(C)noc3C)c(C#N)c3ccccc32)cc1.Cc1noc(C)c1-c1c(/C(N)=N/O)c2ccccc2n1-c1ccc(O)cc1. The van der Waals surface area contributed by atoms with Crippen LogP contribution in [-0.4, -0.2) is 74.4 Å². The molecule has 5 N–H and O–H groups in total. The van der Waals surface area contributed by atoms with Gasteiger partial charge in [-0.25, -0.2) is 0 Å². The lowest BCUT2D eigenvalue weighted by Crippen LogP contribution is -2.14. The Bertz CT molecular complexity index is 6080. The number of fused-ring (bicyclic) bond motifs is 4. The van der Waals surface area contributed by atoms with Crippen molar-refractivity contribution < 1.29 is 43.0 Å². The second kappa shape index (κ2) is 29.7. The highest BCUT2D eigenvalue weighted by Crippen LogP contribution is 2.45. The van der Waals surface area contributed by atoms with Gasteiger partial charge in [0.05, 0.1) is 126 Å². The molecule has 0 saturated heterocycles. The van der Waals surface area contributed by atoms with Gasteiger partial charge in [-0.05, 0) is 163 Å². The maximum absolute atomic E-state index is 9.98. The molecule has 0 amide bonds. The van der Waals surface area contributed by atoms with Crippen molar-refractivity contribution in [2.24, 2.45) is 10.9 Å². The van der Waals surface area contributed by atoms with Crippen molar-refractivity contribution in [1.82, 2.24) is 38.9 Å². The molecule has 22 nitrogen and oxygen atoms in total. The Hall–Kier alpha value is -14.3. The van der Waals surface area contributed by atoms with Crippen LogP contribution in [0.25, 0.3) is 111 Å². The van der Waals surface area contributed by atoms with E-state index in [-0.39, 0.29) is 17.3 Å². The van der Waals surface area contributed by atoms with E-state index in [1.807, 2.05) is 222 Å². The first kappa shape index (κ1) is 70.1. The molecule has 0 unspecified atom stereocenters. The molecular weight excluding hydrogens is 1340 g/mol. The Labute approximate surface area is 608 Å². The van der Waals surface area contributed by atoms with Crippen LogP contribution in [0, 0.1) is 75.5 Å². The molecular formula is C84H71N13O9. The minimum Gasteiger partial charge on any atom is -0.508 e. The van der Waals surface area contributed by atoms with Crippen molar-refractivity contribution in [1.29, 1.82) is 15.8 Å². The van der Waals surface area contributed by atoms with Gasteiger partial charge in [0.1, 0.15) is 64.2 Å². The molecule has 8 aromatic carbocycles. The third kappa shape index (κ3) is 12.5. The standard InChI is InChI=1S/C22H19N3O2.2C21H17N3O2.C20H18N4O3/c1-4-20-21(14(2)24-27-20)22-18(13-23)17-7-5-6-8-19(17)25(22)15-9-11-16(26-3)12-10-15;1-13-20(14(2)26-23-13)21-18(12-22)17-6-4-5-7-19(17)24(21)15-8-10-16(25-3)11-9-15;1-3-19-20(13(2)23-26-19)21-17(12-22)16-6-4-5-7-18(16)24(21)14-8-10-15(25)11-9-14;1-11-17(12(2)27-23-11)19-18(20(21)22-26)15-5-3-4-6-16(15)24(19)13-7-9-14(25)10-8-13/h5-12H,4H2,1-3H3;4-11H,1-3H3;4-11,25H,3H2,1-2H3;3-10,25-26H,1-2H3,(H2,21,22). The summed E-state index contributed by atoms with van der Waals surface area (Å²) in [5.74, 6) is 4.78. The minimum atomic E-state index is -0.00118. The number of benzene rings is 8. The highest BCUT2D eigenvalue weighted by Gasteiger charge is 2.31. The predicted octanol–water partition coefficient (Wildman–Crippen LogP) is 18.3. The Kier molecular flexibility index (Phi) is 19.7. The quantitative estimate of drug-likeness (QED) is 0.0361. The number of ether oxygens (including phenoxy) is 2. The van der Waals surface area contributed by atoms with E-state index in [2.05, 4.69) is 53.1 Å². The number of para-hydroxylation sites is 4. The van der Waals surface area contributed by atoms with Crippen LogP contribution < -0.4 is 15.2 Å². The number of phenols is 2. The van der Waals surface area contributed by atoms with Crippen LogP contribution in [0.2, 0.25) is 0 Å². The van der Waals surface area contributed by atoms with Crippen LogP contribution in [0.1, 0.15) is 81.9 Å². The van der Waals surface area contributed by atoms with Gasteiger partial charge >= 0.3 is 0 Å². The lowest BCUT2D eigenvalue weighted by Gasteiger charge is -2.12. The summed E-state index contributed by atoms with van der Waals surface area (Å²) in [6.45, 7) is 15.3. The summed E-state index contributed by atoms with van der Waals surface area (Å²) in [6.07, 6.45) is 1.38. The molecule has 8 aromatic heterocycles. The van der Waals surface area contributed by atoms with Gasteiger partial charge in [-0.3, -0.25) is 0 Å². The molecule has 22 heteroatoms. The van der Waals surface area contributed by atoms with Crippen molar-refractivity contribution in [3.05, 3.63) is 262 Å². The van der Waals surface area contributed by atoms with E-state index < -0.39 is 0 Å². The van der Waals surface area contributed by atoms with E-state index in [4.69, 9.17) is 33.3 Å². The molecule has 0 spiro atoms. The number of aromatic hydroxyl groups is 2. The van der Waals surface area contributed by atoms with Gasteiger partial charge in [-0.1, -0.05) is 112 Å². The number of nitrogens with zero attached hydrogens (tertiary/aromatic N) is 12. The fourth-order valence-electron chi connectivity index (χ4n) is 13.9. The third-order valence-corrected chi connectivity index (χ3v) is 18.6. The number of amidine groups is 1. The maximum atomic E-state index is 9.98. The zero-order valence-corrected chi connectivity index (χ0v) is 59.6. The summed E-state index contributed by atoms with van der Waals surface area (Å²) >= 11 is 0. The molecule has 16 aromatic rings. The Balaban J connectivity index is 0.000000125. The number of hydrogen-bond acceptors (Lipinski definition) is 17. The summed E-state index contributed by atoms with van der Waals surface area (Å²) in [4.78, 5) is 0. The van der Waals surface area contributed by atoms with Crippen molar-refractivity contribution in [2.75, 3.05) is 14.2 Å². The topological polar surface area (TPSA) is 313 Å². The second-order valence-corrected chi connectivity index (χ2v) is 24.8. The molecule has 16 rings (SSSR count). The van der Waals surface area contributed by atoms with E-state index in [0.29, 0.717) is 58.0 Å². The van der Waals surface area contributed by atoms with Crippen LogP contribution in [-0.2, 0) is 12.8 Å². The number of methoxy groups -OCH3 is 2. The summed E-state index contributed by atoms with van der Waals surface area (Å²) in [7, 11) is 3.29. The monoisotopic (exact) mass is 1410 g/mol. The molecule has 0 radical (unpaired) electrons. The predicted molar refractivity (Wildman–Crippen MR) is 405 cm³/mol. The van der Waals surface area contributed by atoms with Crippen molar-refractivity contribution in [3.8, 4) is 109 Å². The van der Waals surface area contributed by atoms with Gasteiger partial charge in [-0.15, -0.1) is 0 Å². The number of rotatable bonds is 13. The number of nitrogens with two attached hydrogens (primary N) is 1. The van der Waals surface area contributed by atoms with Crippen molar-refractivity contribution in [2.45, 2.75) is 68.2 Å². The molecule has 0 saturated carbocycles. The van der Waals surface area contributed by atoms with Crippen molar-refractivity contribution >= 4 is 49.4 Å². The van der Waals surface area contributed by atoms with E-state index in [1.54, 1.807) is 50.6 Å². The number of aromatic nitrogens is 8. The Morgan fingerprint density at radius 3 is 1.00 bits per heavy atom. The number of oxime groups is 1. The molecule has 106 heavy (non-hydrogen) atoms. The van der Waals surface area contributed by atoms with E-state index >= 15 is 0 Å². The largest absolute Gasteiger partial charge is 0.508 e. The smallest absolute Gasteiger partial charge is 0.172 e. The number of phenolic OH excluding ortho intramolecular Hbond substituents is 2.